The molecule has 1 rings (SSSR count). The summed E-state index contributed by atoms with van der Waals surface area (Å²) < 4.78 is 0. The van der Waals surface area contributed by atoms with Gasteiger partial charge in [0.25, 0.3) is 0 Å². The monoisotopic (exact) mass is 253 g/mol. The molecule has 1 aliphatic carbocycles. The zero-order chi connectivity index (χ0) is 13.5. The zero-order valence-electron chi connectivity index (χ0n) is 12.0. The van der Waals surface area contributed by atoms with Gasteiger partial charge in [-0.2, -0.15) is 0 Å². The van der Waals surface area contributed by atoms with Crippen molar-refractivity contribution in [3.05, 3.63) is 0 Å². The maximum Gasteiger partial charge on any atom is 0.223 e. The van der Waals surface area contributed by atoms with Crippen molar-refractivity contribution >= 4 is 11.7 Å². The number of amides is 1. The van der Waals surface area contributed by atoms with Crippen molar-refractivity contribution in [2.75, 3.05) is 6.54 Å². The lowest BCUT2D eigenvalue weighted by atomic mass is 9.80. The smallest absolute Gasteiger partial charge is 0.223 e. The predicted molar refractivity (Wildman–Crippen MR) is 73.2 cm³/mol. The first-order valence-electron chi connectivity index (χ1n) is 7.35. The Labute approximate surface area is 111 Å². The van der Waals surface area contributed by atoms with Gasteiger partial charge in [0.05, 0.1) is 0 Å². The molecule has 0 aromatic carbocycles. The van der Waals surface area contributed by atoms with Crippen molar-refractivity contribution < 1.29 is 9.59 Å². The normalized spacial score (nSPS) is 24.0. The summed E-state index contributed by atoms with van der Waals surface area (Å²) in [6.07, 6.45) is 6.09. The van der Waals surface area contributed by atoms with Crippen LogP contribution in [-0.2, 0) is 9.59 Å². The lowest BCUT2D eigenvalue weighted by molar-refractivity contribution is -0.126. The molecular formula is C15H27NO2. The van der Waals surface area contributed by atoms with E-state index in [1.54, 1.807) is 0 Å². The minimum atomic E-state index is 0.0712. The molecule has 0 atom stereocenters. The minimum absolute atomic E-state index is 0.0712. The van der Waals surface area contributed by atoms with Crippen molar-refractivity contribution in [1.29, 1.82) is 0 Å². The van der Waals surface area contributed by atoms with Crippen LogP contribution in [0.2, 0.25) is 0 Å². The van der Waals surface area contributed by atoms with Gasteiger partial charge in [0.1, 0.15) is 5.78 Å². The second-order valence-electron chi connectivity index (χ2n) is 5.79. The van der Waals surface area contributed by atoms with E-state index in [1.165, 1.54) is 19.3 Å². The molecule has 104 valence electrons. The first-order valence-corrected chi connectivity index (χ1v) is 7.35. The van der Waals surface area contributed by atoms with Crippen molar-refractivity contribution in [1.82, 2.24) is 5.32 Å². The van der Waals surface area contributed by atoms with Crippen molar-refractivity contribution in [3.8, 4) is 0 Å². The molecule has 1 saturated carbocycles. The van der Waals surface area contributed by atoms with Gasteiger partial charge < -0.3 is 5.32 Å². The highest BCUT2D eigenvalue weighted by Gasteiger charge is 2.25. The Kier molecular flexibility index (Phi) is 6.37. The van der Waals surface area contributed by atoms with Crippen LogP contribution in [0.1, 0.15) is 59.3 Å². The fourth-order valence-electron chi connectivity index (χ4n) is 2.57. The molecule has 18 heavy (non-hydrogen) atoms. The van der Waals surface area contributed by atoms with Gasteiger partial charge in [-0.15, -0.1) is 0 Å². The van der Waals surface area contributed by atoms with Crippen LogP contribution in [0.15, 0.2) is 0 Å². The van der Waals surface area contributed by atoms with Crippen LogP contribution in [0.5, 0.6) is 0 Å². The van der Waals surface area contributed by atoms with Gasteiger partial charge in [0.2, 0.25) is 5.91 Å². The van der Waals surface area contributed by atoms with E-state index in [9.17, 15) is 9.59 Å². The van der Waals surface area contributed by atoms with Crippen molar-refractivity contribution in [2.45, 2.75) is 59.3 Å². The van der Waals surface area contributed by atoms with Gasteiger partial charge in [-0.1, -0.05) is 27.2 Å². The molecule has 3 nitrogen and oxygen atoms in total. The Morgan fingerprint density at radius 3 is 2.28 bits per heavy atom. The second-order valence-corrected chi connectivity index (χ2v) is 5.79. The average molecular weight is 253 g/mol. The number of carbonyl (C=O) groups is 2. The quantitative estimate of drug-likeness (QED) is 0.791. The number of Topliss-reactive ketones (excluding diaryl/α,β-unsaturated/α-hetero) is 1. The molecule has 0 spiro atoms. The lowest BCUT2D eigenvalue weighted by Crippen LogP contribution is -2.34. The summed E-state index contributed by atoms with van der Waals surface area (Å²) in [5, 5.41) is 2.91. The van der Waals surface area contributed by atoms with E-state index in [1.807, 2.05) is 13.8 Å². The van der Waals surface area contributed by atoms with Crippen LogP contribution in [0.25, 0.3) is 0 Å². The summed E-state index contributed by atoms with van der Waals surface area (Å²) >= 11 is 0. The van der Waals surface area contributed by atoms with E-state index in [0.717, 1.165) is 18.8 Å². The van der Waals surface area contributed by atoms with Gasteiger partial charge in [-0.05, 0) is 31.6 Å². The van der Waals surface area contributed by atoms with E-state index >= 15 is 0 Å². The van der Waals surface area contributed by atoms with Crippen LogP contribution < -0.4 is 5.32 Å². The fraction of sp³-hybridized carbons (Fsp3) is 0.867. The van der Waals surface area contributed by atoms with E-state index in [0.29, 0.717) is 13.0 Å². The number of ketones is 1. The third-order valence-electron chi connectivity index (χ3n) is 4.11. The number of hydrogen-bond acceptors (Lipinski definition) is 2. The first kappa shape index (κ1) is 15.2. The molecule has 0 saturated heterocycles. The van der Waals surface area contributed by atoms with Crippen LogP contribution in [0.4, 0.5) is 0 Å². The summed E-state index contributed by atoms with van der Waals surface area (Å²) in [6.45, 7) is 6.53. The molecule has 3 heteroatoms. The lowest BCUT2D eigenvalue weighted by Gasteiger charge is -2.26. The van der Waals surface area contributed by atoms with Crippen LogP contribution >= 0.6 is 0 Å². The molecule has 1 amide bonds. The number of nitrogens with one attached hydrogen (secondary N) is 1. The Hall–Kier alpha value is -0.860. The Morgan fingerprint density at radius 2 is 1.78 bits per heavy atom. The average Bonchev–Trinajstić information content (AvgIpc) is 2.38. The maximum absolute atomic E-state index is 11.9. The van der Waals surface area contributed by atoms with Gasteiger partial charge in [-0.25, -0.2) is 0 Å². The SMILES string of the molecule is CCC1CCC(C(=O)NCCC(=O)C(C)C)CC1. The number of hydrogen-bond donors (Lipinski definition) is 1. The fourth-order valence-corrected chi connectivity index (χ4v) is 2.57. The highest BCUT2D eigenvalue weighted by molar-refractivity contribution is 5.82. The summed E-state index contributed by atoms with van der Waals surface area (Å²) in [5.41, 5.74) is 0. The number of rotatable bonds is 6. The largest absolute Gasteiger partial charge is 0.355 e. The molecule has 0 aromatic rings. The number of carbonyl (C=O) groups excluding carboxylic acids is 2. The molecule has 0 aliphatic heterocycles. The van der Waals surface area contributed by atoms with E-state index in [2.05, 4.69) is 12.2 Å². The maximum atomic E-state index is 11.9. The summed E-state index contributed by atoms with van der Waals surface area (Å²) in [6, 6.07) is 0. The predicted octanol–water partition coefficient (Wildman–Crippen LogP) is 2.93. The molecule has 0 bridgehead atoms. The molecule has 1 aliphatic rings. The van der Waals surface area contributed by atoms with E-state index in [-0.39, 0.29) is 23.5 Å². The van der Waals surface area contributed by atoms with Gasteiger partial charge in [0, 0.05) is 24.8 Å². The minimum Gasteiger partial charge on any atom is -0.355 e. The van der Waals surface area contributed by atoms with Gasteiger partial charge in [0.15, 0.2) is 0 Å². The van der Waals surface area contributed by atoms with E-state index < -0.39 is 0 Å². The van der Waals surface area contributed by atoms with Crippen LogP contribution in [-0.4, -0.2) is 18.2 Å². The van der Waals surface area contributed by atoms with Crippen LogP contribution in [0.3, 0.4) is 0 Å². The van der Waals surface area contributed by atoms with E-state index in [4.69, 9.17) is 0 Å². The third kappa shape index (κ3) is 4.79. The molecule has 0 unspecified atom stereocenters. The summed E-state index contributed by atoms with van der Waals surface area (Å²) in [7, 11) is 0. The molecule has 1 N–H and O–H groups in total. The van der Waals surface area contributed by atoms with Crippen LogP contribution in [0, 0.1) is 17.8 Å². The third-order valence-corrected chi connectivity index (χ3v) is 4.11. The second kappa shape index (κ2) is 7.55. The highest BCUT2D eigenvalue weighted by atomic mass is 16.2. The zero-order valence-corrected chi connectivity index (χ0v) is 12.0. The molecule has 0 heterocycles. The molecular weight excluding hydrogens is 226 g/mol. The van der Waals surface area contributed by atoms with Crippen molar-refractivity contribution in [2.24, 2.45) is 17.8 Å². The Bertz CT molecular complexity index is 278. The van der Waals surface area contributed by atoms with Crippen molar-refractivity contribution in [3.63, 3.8) is 0 Å². The Balaban J connectivity index is 2.20. The van der Waals surface area contributed by atoms with Gasteiger partial charge in [-0.3, -0.25) is 9.59 Å². The summed E-state index contributed by atoms with van der Waals surface area (Å²) in [4.78, 5) is 23.4. The molecule has 0 radical (unpaired) electrons. The standard InChI is InChI=1S/C15H27NO2/c1-4-12-5-7-13(8-6-12)15(18)16-10-9-14(17)11(2)3/h11-13H,4-10H2,1-3H3,(H,16,18). The Morgan fingerprint density at radius 1 is 1.17 bits per heavy atom. The molecule has 1 fully saturated rings. The summed E-state index contributed by atoms with van der Waals surface area (Å²) in [5.74, 6) is 1.45. The topological polar surface area (TPSA) is 46.2 Å². The molecule has 0 aromatic heterocycles. The highest BCUT2D eigenvalue weighted by Crippen LogP contribution is 2.30. The van der Waals surface area contributed by atoms with Gasteiger partial charge >= 0.3 is 0 Å². The first-order chi connectivity index (χ1) is 8.54.